The lowest BCUT2D eigenvalue weighted by atomic mass is 10.2. The van der Waals surface area contributed by atoms with Crippen molar-refractivity contribution < 1.29 is 5.11 Å². The average Bonchev–Trinajstić information content (AvgIpc) is 2.36. The van der Waals surface area contributed by atoms with Gasteiger partial charge in [0.15, 0.2) is 0 Å². The van der Waals surface area contributed by atoms with Gasteiger partial charge in [-0.1, -0.05) is 37.0 Å². The Bertz CT molecular complexity index is 384. The smallest absolute Gasteiger partial charge is 0.147 e. The lowest BCUT2D eigenvalue weighted by Crippen LogP contribution is -2.23. The summed E-state index contributed by atoms with van der Waals surface area (Å²) < 4.78 is 0. The summed E-state index contributed by atoms with van der Waals surface area (Å²) in [6, 6.07) is 1.59. The molecule has 4 nitrogen and oxygen atoms in total. The first-order valence-corrected chi connectivity index (χ1v) is 6.85. The molecule has 0 bridgehead atoms. The normalized spacial score (nSPS) is 12.3. The second-order valence-corrected chi connectivity index (χ2v) is 4.82. The monoisotopic (exact) mass is 291 g/mol. The summed E-state index contributed by atoms with van der Waals surface area (Å²) in [7, 11) is 0. The number of hydrogen-bond donors (Lipinski definition) is 3. The molecule has 1 atom stereocenters. The van der Waals surface area contributed by atoms with Crippen molar-refractivity contribution in [2.75, 3.05) is 23.8 Å². The lowest BCUT2D eigenvalue weighted by molar-refractivity contribution is 0.271. The number of pyridine rings is 1. The number of hydrogen-bond acceptors (Lipinski definition) is 4. The van der Waals surface area contributed by atoms with Crippen molar-refractivity contribution in [3.8, 4) is 0 Å². The van der Waals surface area contributed by atoms with Crippen LogP contribution in [0, 0.1) is 0 Å². The van der Waals surface area contributed by atoms with Crippen LogP contribution in [0.15, 0.2) is 6.07 Å². The summed E-state index contributed by atoms with van der Waals surface area (Å²) in [6.07, 6.45) is 1.77. The first-order chi connectivity index (χ1) is 8.62. The summed E-state index contributed by atoms with van der Waals surface area (Å²) in [5.74, 6) is 1.15. The molecular weight excluding hydrogens is 273 g/mol. The van der Waals surface area contributed by atoms with Crippen molar-refractivity contribution in [1.29, 1.82) is 0 Å². The van der Waals surface area contributed by atoms with Gasteiger partial charge in [0.2, 0.25) is 0 Å². The molecule has 1 unspecified atom stereocenters. The van der Waals surface area contributed by atoms with E-state index in [0.717, 1.165) is 19.4 Å². The molecule has 1 aromatic heterocycles. The van der Waals surface area contributed by atoms with Crippen molar-refractivity contribution in [1.82, 2.24) is 4.98 Å². The topological polar surface area (TPSA) is 57.2 Å². The molecule has 0 saturated carbocycles. The third-order valence-electron chi connectivity index (χ3n) is 2.53. The predicted octanol–water partition coefficient (Wildman–Crippen LogP) is 3.39. The number of aliphatic hydroxyl groups excluding tert-OH is 1. The maximum Gasteiger partial charge on any atom is 0.147 e. The average molecular weight is 292 g/mol. The van der Waals surface area contributed by atoms with E-state index >= 15 is 0 Å². The van der Waals surface area contributed by atoms with Gasteiger partial charge >= 0.3 is 0 Å². The molecule has 0 saturated heterocycles. The number of nitrogens with zero attached hydrogens (tertiary/aromatic N) is 1. The molecule has 1 heterocycles. The van der Waals surface area contributed by atoms with Crippen LogP contribution in [-0.2, 0) is 0 Å². The minimum atomic E-state index is -0.0600. The fourth-order valence-corrected chi connectivity index (χ4v) is 1.89. The van der Waals surface area contributed by atoms with Crippen LogP contribution in [0.4, 0.5) is 11.6 Å². The van der Waals surface area contributed by atoms with Crippen LogP contribution in [0.1, 0.15) is 26.7 Å². The quantitative estimate of drug-likeness (QED) is 0.721. The SMILES string of the molecule is CCCNc1nc(NC(CC)CO)c(Cl)cc1Cl. The number of anilines is 2. The van der Waals surface area contributed by atoms with E-state index in [9.17, 15) is 0 Å². The van der Waals surface area contributed by atoms with Gasteiger partial charge in [-0.25, -0.2) is 4.98 Å². The minimum absolute atomic E-state index is 0.0366. The van der Waals surface area contributed by atoms with Crippen LogP contribution in [-0.4, -0.2) is 29.3 Å². The van der Waals surface area contributed by atoms with Gasteiger partial charge in [0.1, 0.15) is 11.6 Å². The van der Waals surface area contributed by atoms with Crippen LogP contribution < -0.4 is 10.6 Å². The molecule has 6 heteroatoms. The zero-order chi connectivity index (χ0) is 13.5. The zero-order valence-electron chi connectivity index (χ0n) is 10.6. The second-order valence-electron chi connectivity index (χ2n) is 4.01. The van der Waals surface area contributed by atoms with Gasteiger partial charge in [0.05, 0.1) is 22.7 Å². The van der Waals surface area contributed by atoms with Crippen LogP contribution in [0.25, 0.3) is 0 Å². The summed E-state index contributed by atoms with van der Waals surface area (Å²) in [6.45, 7) is 4.88. The summed E-state index contributed by atoms with van der Waals surface area (Å²) in [5.41, 5.74) is 0. The Morgan fingerprint density at radius 1 is 1.28 bits per heavy atom. The molecule has 1 aromatic rings. The summed E-state index contributed by atoms with van der Waals surface area (Å²) in [5, 5.41) is 16.4. The van der Waals surface area contributed by atoms with E-state index in [1.54, 1.807) is 6.07 Å². The highest BCUT2D eigenvalue weighted by Crippen LogP contribution is 2.29. The molecule has 0 aliphatic heterocycles. The predicted molar refractivity (Wildman–Crippen MR) is 77.8 cm³/mol. The van der Waals surface area contributed by atoms with Crippen molar-refractivity contribution in [2.24, 2.45) is 0 Å². The van der Waals surface area contributed by atoms with Crippen LogP contribution in [0.3, 0.4) is 0 Å². The molecule has 0 fully saturated rings. The van der Waals surface area contributed by atoms with E-state index in [1.165, 1.54) is 0 Å². The molecule has 0 radical (unpaired) electrons. The number of rotatable bonds is 7. The highest BCUT2D eigenvalue weighted by Gasteiger charge is 2.12. The number of aromatic nitrogens is 1. The molecule has 18 heavy (non-hydrogen) atoms. The third kappa shape index (κ3) is 4.19. The van der Waals surface area contributed by atoms with E-state index in [0.29, 0.717) is 21.7 Å². The zero-order valence-corrected chi connectivity index (χ0v) is 12.1. The van der Waals surface area contributed by atoms with E-state index in [2.05, 4.69) is 22.5 Å². The van der Waals surface area contributed by atoms with E-state index in [4.69, 9.17) is 28.3 Å². The summed E-state index contributed by atoms with van der Waals surface area (Å²) in [4.78, 5) is 4.35. The van der Waals surface area contributed by atoms with Crippen molar-refractivity contribution in [3.63, 3.8) is 0 Å². The maximum atomic E-state index is 9.17. The van der Waals surface area contributed by atoms with E-state index < -0.39 is 0 Å². The molecule has 0 amide bonds. The van der Waals surface area contributed by atoms with E-state index in [-0.39, 0.29) is 12.6 Å². The minimum Gasteiger partial charge on any atom is -0.394 e. The van der Waals surface area contributed by atoms with Gasteiger partial charge in [-0.3, -0.25) is 0 Å². The van der Waals surface area contributed by atoms with Crippen LogP contribution in [0.5, 0.6) is 0 Å². The fraction of sp³-hybridized carbons (Fsp3) is 0.583. The van der Waals surface area contributed by atoms with Crippen molar-refractivity contribution >= 4 is 34.8 Å². The Morgan fingerprint density at radius 3 is 2.50 bits per heavy atom. The maximum absolute atomic E-state index is 9.17. The highest BCUT2D eigenvalue weighted by molar-refractivity contribution is 6.37. The largest absolute Gasteiger partial charge is 0.394 e. The fourth-order valence-electron chi connectivity index (χ4n) is 1.41. The van der Waals surface area contributed by atoms with Crippen molar-refractivity contribution in [3.05, 3.63) is 16.1 Å². The van der Waals surface area contributed by atoms with Gasteiger partial charge in [-0.15, -0.1) is 0 Å². The molecule has 0 aliphatic carbocycles. The third-order valence-corrected chi connectivity index (χ3v) is 3.10. The Labute approximate surface area is 118 Å². The van der Waals surface area contributed by atoms with E-state index in [1.807, 2.05) is 6.92 Å². The highest BCUT2D eigenvalue weighted by atomic mass is 35.5. The second kappa shape index (κ2) is 7.67. The van der Waals surface area contributed by atoms with Gasteiger partial charge in [-0.2, -0.15) is 0 Å². The molecule has 0 aromatic carbocycles. The van der Waals surface area contributed by atoms with Gasteiger partial charge < -0.3 is 15.7 Å². The Balaban J connectivity index is 2.89. The lowest BCUT2D eigenvalue weighted by Gasteiger charge is -2.17. The van der Waals surface area contributed by atoms with Crippen LogP contribution in [0.2, 0.25) is 10.0 Å². The van der Waals surface area contributed by atoms with Gasteiger partial charge in [-0.05, 0) is 18.9 Å². The Morgan fingerprint density at radius 2 is 1.94 bits per heavy atom. The summed E-state index contributed by atoms with van der Waals surface area (Å²) >= 11 is 12.1. The number of halogens is 2. The van der Waals surface area contributed by atoms with Crippen LogP contribution >= 0.6 is 23.2 Å². The van der Waals surface area contributed by atoms with Crippen molar-refractivity contribution in [2.45, 2.75) is 32.7 Å². The molecule has 0 spiro atoms. The molecule has 1 rings (SSSR count). The molecule has 3 N–H and O–H groups in total. The standard InChI is InChI=1S/C12H19Cl2N3O/c1-3-5-15-11-9(13)6-10(14)12(17-11)16-8(4-2)7-18/h6,8,18H,3-5,7H2,1-2H3,(H2,15,16,17). The first-order valence-electron chi connectivity index (χ1n) is 6.09. The number of aliphatic hydroxyl groups is 1. The Kier molecular flexibility index (Phi) is 6.54. The molecule has 0 aliphatic rings. The first kappa shape index (κ1) is 15.3. The van der Waals surface area contributed by atoms with Gasteiger partial charge in [0.25, 0.3) is 0 Å². The Hall–Kier alpha value is -0.710. The molecule has 102 valence electrons. The number of nitrogens with one attached hydrogen (secondary N) is 2. The van der Waals surface area contributed by atoms with Gasteiger partial charge in [0, 0.05) is 6.54 Å². The molecular formula is C12H19Cl2N3O.